The van der Waals surface area contributed by atoms with Gasteiger partial charge in [-0.25, -0.2) is 8.42 Å². The fraction of sp³-hybridized carbons (Fsp3) is 0.500. The van der Waals surface area contributed by atoms with E-state index in [4.69, 9.17) is 34.8 Å². The second-order valence-electron chi connectivity index (χ2n) is 4.23. The topological polar surface area (TPSA) is 58.2 Å². The summed E-state index contributed by atoms with van der Waals surface area (Å²) in [5.41, 5.74) is 0.243. The Morgan fingerprint density at radius 3 is 2.35 bits per heavy atom. The first kappa shape index (κ1) is 17.9. The van der Waals surface area contributed by atoms with Crippen molar-refractivity contribution in [3.8, 4) is 0 Å². The summed E-state index contributed by atoms with van der Waals surface area (Å²) < 4.78 is 26.3. The molecule has 0 radical (unpaired) electrons. The van der Waals surface area contributed by atoms with Crippen LogP contribution in [0.25, 0.3) is 0 Å². The Bertz CT molecular complexity index is 550. The van der Waals surface area contributed by atoms with Crippen molar-refractivity contribution < 1.29 is 8.42 Å². The van der Waals surface area contributed by atoms with Crippen molar-refractivity contribution >= 4 is 50.5 Å². The molecule has 0 atom stereocenters. The Kier molecular flexibility index (Phi) is 7.40. The lowest BCUT2D eigenvalue weighted by atomic mass is 10.3. The van der Waals surface area contributed by atoms with Gasteiger partial charge in [-0.3, -0.25) is 4.72 Å². The molecule has 0 heterocycles. The monoisotopic (exact) mass is 358 g/mol. The van der Waals surface area contributed by atoms with Crippen molar-refractivity contribution in [1.82, 2.24) is 5.32 Å². The summed E-state index contributed by atoms with van der Waals surface area (Å²) in [6, 6.07) is 2.82. The van der Waals surface area contributed by atoms with Gasteiger partial charge in [-0.2, -0.15) is 0 Å². The third kappa shape index (κ3) is 6.06. The van der Waals surface area contributed by atoms with Gasteiger partial charge in [-0.1, -0.05) is 41.7 Å². The maximum absolute atomic E-state index is 11.9. The molecule has 0 saturated heterocycles. The molecule has 0 amide bonds. The first-order valence-electron chi connectivity index (χ1n) is 6.21. The first-order valence-corrected chi connectivity index (χ1v) is 9.00. The number of hydrogen-bond acceptors (Lipinski definition) is 3. The van der Waals surface area contributed by atoms with Crippen molar-refractivity contribution in [2.24, 2.45) is 0 Å². The second-order valence-corrected chi connectivity index (χ2v) is 7.29. The highest BCUT2D eigenvalue weighted by atomic mass is 35.5. The number of benzene rings is 1. The Hall–Kier alpha value is -0.200. The molecule has 0 aliphatic heterocycles. The number of nitrogens with one attached hydrogen (secondary N) is 2. The second kappa shape index (κ2) is 8.29. The first-order chi connectivity index (χ1) is 9.35. The minimum absolute atomic E-state index is 0.0367. The van der Waals surface area contributed by atoms with Crippen LogP contribution in [0.4, 0.5) is 5.69 Å². The van der Waals surface area contributed by atoms with Crippen LogP contribution >= 0.6 is 34.8 Å². The molecule has 0 bridgehead atoms. The van der Waals surface area contributed by atoms with Crippen molar-refractivity contribution in [3.05, 3.63) is 27.2 Å². The maximum atomic E-state index is 11.9. The third-order valence-corrected chi connectivity index (χ3v) is 4.93. The smallest absolute Gasteiger partial charge is 0.232 e. The molecule has 0 aromatic heterocycles. The van der Waals surface area contributed by atoms with Gasteiger partial charge >= 0.3 is 0 Å². The van der Waals surface area contributed by atoms with Gasteiger partial charge in [-0.05, 0) is 38.1 Å². The molecule has 0 unspecified atom stereocenters. The fourth-order valence-electron chi connectivity index (χ4n) is 1.54. The van der Waals surface area contributed by atoms with Crippen molar-refractivity contribution in [1.29, 1.82) is 0 Å². The number of unbranched alkanes of at least 4 members (excludes halogenated alkanes) is 1. The number of hydrogen-bond donors (Lipinski definition) is 2. The summed E-state index contributed by atoms with van der Waals surface area (Å²) in [5.74, 6) is 0.0367. The van der Waals surface area contributed by atoms with Gasteiger partial charge in [0.15, 0.2) is 0 Å². The molecule has 0 fully saturated rings. The van der Waals surface area contributed by atoms with E-state index in [1.54, 1.807) is 0 Å². The van der Waals surface area contributed by atoms with Crippen LogP contribution in [-0.2, 0) is 10.0 Å². The van der Waals surface area contributed by atoms with E-state index >= 15 is 0 Å². The van der Waals surface area contributed by atoms with Crippen molar-refractivity contribution in [3.63, 3.8) is 0 Å². The molecule has 0 spiro atoms. The normalized spacial score (nSPS) is 11.6. The minimum Gasteiger partial charge on any atom is -0.317 e. The molecular formula is C12H17Cl3N2O2S. The van der Waals surface area contributed by atoms with Gasteiger partial charge in [0, 0.05) is 0 Å². The van der Waals surface area contributed by atoms with E-state index in [1.165, 1.54) is 12.1 Å². The van der Waals surface area contributed by atoms with Crippen molar-refractivity contribution in [2.75, 3.05) is 23.6 Å². The van der Waals surface area contributed by atoms with Gasteiger partial charge in [-0.15, -0.1) is 0 Å². The Labute approximate surface area is 134 Å². The lowest BCUT2D eigenvalue weighted by Crippen LogP contribution is -2.19. The number of anilines is 1. The van der Waals surface area contributed by atoms with Crippen LogP contribution in [0, 0.1) is 0 Å². The molecule has 1 aromatic carbocycles. The predicted octanol–water partition coefficient (Wildman–Crippen LogP) is 3.78. The molecule has 1 aromatic rings. The van der Waals surface area contributed by atoms with E-state index in [0.29, 0.717) is 6.42 Å². The molecule has 0 aliphatic carbocycles. The van der Waals surface area contributed by atoms with Crippen molar-refractivity contribution in [2.45, 2.75) is 19.8 Å². The molecule has 4 nitrogen and oxygen atoms in total. The molecule has 8 heteroatoms. The van der Waals surface area contributed by atoms with E-state index in [0.717, 1.165) is 19.5 Å². The molecule has 1 rings (SSSR count). The highest BCUT2D eigenvalue weighted by molar-refractivity contribution is 7.92. The van der Waals surface area contributed by atoms with Gasteiger partial charge in [0.25, 0.3) is 0 Å². The zero-order valence-electron chi connectivity index (χ0n) is 11.0. The van der Waals surface area contributed by atoms with E-state index in [2.05, 4.69) is 10.0 Å². The summed E-state index contributed by atoms with van der Waals surface area (Å²) >= 11 is 17.6. The van der Waals surface area contributed by atoms with Crippen LogP contribution in [0.1, 0.15) is 19.8 Å². The van der Waals surface area contributed by atoms with Crippen LogP contribution in [0.3, 0.4) is 0 Å². The summed E-state index contributed by atoms with van der Waals surface area (Å²) in [4.78, 5) is 0. The standard InChI is InChI=1S/C12H17Cl3N2O2S/c1-2-16-5-3-4-6-20(18,19)17-12-8-10(14)9(13)7-11(12)15/h7-8,16-17H,2-6H2,1H3. The molecular weight excluding hydrogens is 343 g/mol. The van der Waals surface area contributed by atoms with Gasteiger partial charge < -0.3 is 5.32 Å². The van der Waals surface area contributed by atoms with E-state index < -0.39 is 10.0 Å². The maximum Gasteiger partial charge on any atom is 0.232 e. The molecule has 0 saturated carbocycles. The third-order valence-electron chi connectivity index (χ3n) is 2.54. The molecule has 0 aliphatic rings. The zero-order chi connectivity index (χ0) is 15.2. The summed E-state index contributed by atoms with van der Waals surface area (Å²) in [6.45, 7) is 3.69. The SMILES string of the molecule is CCNCCCCS(=O)(=O)Nc1cc(Cl)c(Cl)cc1Cl. The van der Waals surface area contributed by atoms with E-state index in [9.17, 15) is 8.42 Å². The number of rotatable bonds is 8. The predicted molar refractivity (Wildman–Crippen MR) is 86.7 cm³/mol. The van der Waals surface area contributed by atoms with Crippen LogP contribution in [0.5, 0.6) is 0 Å². The highest BCUT2D eigenvalue weighted by Gasteiger charge is 2.14. The lowest BCUT2D eigenvalue weighted by molar-refractivity contribution is 0.593. The Morgan fingerprint density at radius 2 is 1.70 bits per heavy atom. The van der Waals surface area contributed by atoms with Crippen LogP contribution in [0.2, 0.25) is 15.1 Å². The summed E-state index contributed by atoms with van der Waals surface area (Å²) in [7, 11) is -3.44. The summed E-state index contributed by atoms with van der Waals surface area (Å²) in [6.07, 6.45) is 1.37. The number of halogens is 3. The Balaban J connectivity index is 2.60. The highest BCUT2D eigenvalue weighted by Crippen LogP contribution is 2.32. The van der Waals surface area contributed by atoms with Gasteiger partial charge in [0.05, 0.1) is 26.5 Å². The average molecular weight is 360 g/mol. The van der Waals surface area contributed by atoms with E-state index in [1.807, 2.05) is 6.92 Å². The van der Waals surface area contributed by atoms with Crippen LogP contribution in [0.15, 0.2) is 12.1 Å². The van der Waals surface area contributed by atoms with Gasteiger partial charge in [0.1, 0.15) is 0 Å². The Morgan fingerprint density at radius 1 is 1.05 bits per heavy atom. The molecule has 20 heavy (non-hydrogen) atoms. The quantitative estimate of drug-likeness (QED) is 0.548. The van der Waals surface area contributed by atoms with Crippen LogP contribution < -0.4 is 10.0 Å². The minimum atomic E-state index is -3.44. The molecule has 114 valence electrons. The van der Waals surface area contributed by atoms with E-state index in [-0.39, 0.29) is 26.5 Å². The number of sulfonamides is 1. The van der Waals surface area contributed by atoms with Crippen LogP contribution in [-0.4, -0.2) is 27.3 Å². The summed E-state index contributed by atoms with van der Waals surface area (Å²) in [5, 5.41) is 3.89. The largest absolute Gasteiger partial charge is 0.317 e. The van der Waals surface area contributed by atoms with Gasteiger partial charge in [0.2, 0.25) is 10.0 Å². The molecule has 2 N–H and O–H groups in total. The zero-order valence-corrected chi connectivity index (χ0v) is 14.1. The fourth-order valence-corrected chi connectivity index (χ4v) is 3.38. The average Bonchev–Trinajstić information content (AvgIpc) is 2.35. The lowest BCUT2D eigenvalue weighted by Gasteiger charge is -2.10.